The molecule has 0 saturated heterocycles. The Morgan fingerprint density at radius 3 is 2.04 bits per heavy atom. The van der Waals surface area contributed by atoms with Crippen molar-refractivity contribution >= 4 is 0 Å². The summed E-state index contributed by atoms with van der Waals surface area (Å²) in [6, 6.07) is 0. The van der Waals surface area contributed by atoms with Crippen molar-refractivity contribution in [1.29, 1.82) is 0 Å². The topological polar surface area (TPSA) is 27.7 Å². The molecule has 1 aromatic carbocycles. The maximum atomic E-state index is 6.00. The van der Waals surface area contributed by atoms with Crippen molar-refractivity contribution in [1.82, 2.24) is 0 Å². The fraction of sp³-hybridized carbons (Fsp3) is 0.652. The Bertz CT molecular complexity index is 743. The summed E-state index contributed by atoms with van der Waals surface area (Å²) in [6.45, 7) is 11.5. The van der Waals surface area contributed by atoms with E-state index in [9.17, 15) is 0 Å². The standard InChI is InChI=1S/C23H34O3/c1-14(2)17-19(24-6)15-10-11-16-22(3,4)12-9-13-23(16,5)18(15)21(26-8)20(17)25-7/h11,14H,9-10,12-13H2,1-8H3/t23-/m0/s1. The Balaban J connectivity index is 2.40. The molecule has 3 rings (SSSR count). The van der Waals surface area contributed by atoms with Gasteiger partial charge in [0.1, 0.15) is 5.75 Å². The molecule has 0 amide bonds. The maximum Gasteiger partial charge on any atom is 0.168 e. The highest BCUT2D eigenvalue weighted by atomic mass is 16.5. The lowest BCUT2D eigenvalue weighted by molar-refractivity contribution is 0.244. The third-order valence-electron chi connectivity index (χ3n) is 6.55. The Morgan fingerprint density at radius 2 is 1.50 bits per heavy atom. The first-order valence-corrected chi connectivity index (χ1v) is 9.79. The molecule has 0 radical (unpaired) electrons. The lowest BCUT2D eigenvalue weighted by Crippen LogP contribution is -2.40. The van der Waals surface area contributed by atoms with Crippen molar-refractivity contribution in [2.45, 2.75) is 71.6 Å². The number of hydrogen-bond donors (Lipinski definition) is 0. The van der Waals surface area contributed by atoms with Crippen LogP contribution in [0.4, 0.5) is 0 Å². The molecule has 1 saturated carbocycles. The first-order chi connectivity index (χ1) is 12.2. The van der Waals surface area contributed by atoms with E-state index < -0.39 is 0 Å². The fourth-order valence-electron chi connectivity index (χ4n) is 5.55. The van der Waals surface area contributed by atoms with Crippen molar-refractivity contribution in [3.05, 3.63) is 28.3 Å². The number of hydrogen-bond acceptors (Lipinski definition) is 3. The van der Waals surface area contributed by atoms with Gasteiger partial charge in [0.2, 0.25) is 0 Å². The molecule has 3 heteroatoms. The molecule has 144 valence electrons. The second-order valence-corrected chi connectivity index (χ2v) is 8.91. The smallest absolute Gasteiger partial charge is 0.168 e. The van der Waals surface area contributed by atoms with Crippen LogP contribution >= 0.6 is 0 Å². The van der Waals surface area contributed by atoms with E-state index in [1.165, 1.54) is 24.0 Å². The van der Waals surface area contributed by atoms with E-state index in [0.717, 1.165) is 35.7 Å². The van der Waals surface area contributed by atoms with Crippen LogP contribution in [0.15, 0.2) is 11.6 Å². The summed E-state index contributed by atoms with van der Waals surface area (Å²) in [7, 11) is 5.28. The van der Waals surface area contributed by atoms with Crippen LogP contribution in [0.3, 0.4) is 0 Å². The second kappa shape index (κ2) is 6.51. The number of methoxy groups -OCH3 is 3. The van der Waals surface area contributed by atoms with Crippen molar-refractivity contribution in [3.63, 3.8) is 0 Å². The van der Waals surface area contributed by atoms with Gasteiger partial charge in [0.15, 0.2) is 11.5 Å². The van der Waals surface area contributed by atoms with Gasteiger partial charge in [0, 0.05) is 22.1 Å². The van der Waals surface area contributed by atoms with Gasteiger partial charge in [-0.3, -0.25) is 0 Å². The quantitative estimate of drug-likeness (QED) is 0.638. The van der Waals surface area contributed by atoms with Gasteiger partial charge in [-0.2, -0.15) is 0 Å². The summed E-state index contributed by atoms with van der Waals surface area (Å²) in [5, 5.41) is 0. The molecule has 0 aromatic heterocycles. The molecule has 1 atom stereocenters. The van der Waals surface area contributed by atoms with E-state index in [2.05, 4.69) is 40.7 Å². The van der Waals surface area contributed by atoms with E-state index in [-0.39, 0.29) is 10.8 Å². The Kier molecular flexibility index (Phi) is 4.79. The van der Waals surface area contributed by atoms with Crippen LogP contribution in [-0.2, 0) is 11.8 Å². The molecule has 0 aliphatic heterocycles. The highest BCUT2D eigenvalue weighted by Gasteiger charge is 2.48. The van der Waals surface area contributed by atoms with Gasteiger partial charge in [0.05, 0.1) is 21.3 Å². The highest BCUT2D eigenvalue weighted by molar-refractivity contribution is 5.69. The van der Waals surface area contributed by atoms with Gasteiger partial charge in [0.25, 0.3) is 0 Å². The number of rotatable bonds is 4. The van der Waals surface area contributed by atoms with Crippen LogP contribution in [0, 0.1) is 5.41 Å². The molecular formula is C23H34O3. The zero-order chi connectivity index (χ0) is 19.3. The second-order valence-electron chi connectivity index (χ2n) is 8.91. The van der Waals surface area contributed by atoms with E-state index in [1.807, 2.05) is 0 Å². The SMILES string of the molecule is COc1c2c(c(OC)c(OC)c1C(C)C)[C@@]1(C)CCCC(C)(C)C1=CC2. The van der Waals surface area contributed by atoms with Crippen LogP contribution in [0.25, 0.3) is 0 Å². The Morgan fingerprint density at radius 1 is 0.885 bits per heavy atom. The van der Waals surface area contributed by atoms with Gasteiger partial charge >= 0.3 is 0 Å². The molecule has 1 fully saturated rings. The zero-order valence-electron chi connectivity index (χ0n) is 17.7. The van der Waals surface area contributed by atoms with E-state index >= 15 is 0 Å². The van der Waals surface area contributed by atoms with Crippen molar-refractivity contribution < 1.29 is 14.2 Å². The van der Waals surface area contributed by atoms with E-state index in [1.54, 1.807) is 26.9 Å². The Hall–Kier alpha value is -1.64. The number of allylic oxidation sites excluding steroid dienone is 2. The zero-order valence-corrected chi connectivity index (χ0v) is 17.7. The molecule has 0 unspecified atom stereocenters. The normalized spacial score (nSPS) is 23.8. The third kappa shape index (κ3) is 2.54. The molecule has 2 aliphatic rings. The van der Waals surface area contributed by atoms with Gasteiger partial charge in [-0.15, -0.1) is 0 Å². The van der Waals surface area contributed by atoms with Crippen LogP contribution < -0.4 is 14.2 Å². The number of fused-ring (bicyclic) bond motifs is 3. The summed E-state index contributed by atoms with van der Waals surface area (Å²) in [4.78, 5) is 0. The first kappa shape index (κ1) is 19.1. The van der Waals surface area contributed by atoms with Crippen molar-refractivity contribution in [2.24, 2.45) is 5.41 Å². The predicted octanol–water partition coefficient (Wildman–Crippen LogP) is 5.79. The van der Waals surface area contributed by atoms with Gasteiger partial charge < -0.3 is 14.2 Å². The van der Waals surface area contributed by atoms with Crippen molar-refractivity contribution in [3.8, 4) is 17.2 Å². The summed E-state index contributed by atoms with van der Waals surface area (Å²) in [5.41, 5.74) is 5.40. The van der Waals surface area contributed by atoms with Gasteiger partial charge in [-0.25, -0.2) is 0 Å². The monoisotopic (exact) mass is 358 g/mol. The summed E-state index contributed by atoms with van der Waals surface area (Å²) in [6.07, 6.45) is 6.95. The lowest BCUT2D eigenvalue weighted by Gasteiger charge is -2.50. The summed E-state index contributed by atoms with van der Waals surface area (Å²) < 4.78 is 17.8. The maximum absolute atomic E-state index is 6.00. The largest absolute Gasteiger partial charge is 0.496 e. The van der Waals surface area contributed by atoms with Gasteiger partial charge in [-0.1, -0.05) is 52.7 Å². The fourth-order valence-corrected chi connectivity index (χ4v) is 5.55. The number of benzene rings is 1. The van der Waals surface area contributed by atoms with Crippen LogP contribution in [0.5, 0.6) is 17.2 Å². The lowest BCUT2D eigenvalue weighted by atomic mass is 9.55. The average molecular weight is 359 g/mol. The molecule has 1 aromatic rings. The molecule has 2 aliphatic carbocycles. The molecule has 26 heavy (non-hydrogen) atoms. The molecule has 0 N–H and O–H groups in total. The summed E-state index contributed by atoms with van der Waals surface area (Å²) in [5.74, 6) is 3.01. The minimum Gasteiger partial charge on any atom is -0.496 e. The molecule has 0 bridgehead atoms. The molecular weight excluding hydrogens is 324 g/mol. The average Bonchev–Trinajstić information content (AvgIpc) is 2.58. The molecule has 0 heterocycles. The third-order valence-corrected chi connectivity index (χ3v) is 6.55. The Labute approximate surface area is 158 Å². The predicted molar refractivity (Wildman–Crippen MR) is 107 cm³/mol. The highest BCUT2D eigenvalue weighted by Crippen LogP contribution is 2.60. The van der Waals surface area contributed by atoms with Crippen LogP contribution in [-0.4, -0.2) is 21.3 Å². The van der Waals surface area contributed by atoms with Crippen LogP contribution in [0.1, 0.15) is 76.5 Å². The molecule has 3 nitrogen and oxygen atoms in total. The first-order valence-electron chi connectivity index (χ1n) is 9.79. The van der Waals surface area contributed by atoms with E-state index in [0.29, 0.717) is 5.92 Å². The molecule has 0 spiro atoms. The number of ether oxygens (including phenoxy) is 3. The minimum absolute atomic E-state index is 0.0310. The van der Waals surface area contributed by atoms with Crippen LogP contribution in [0.2, 0.25) is 0 Å². The van der Waals surface area contributed by atoms with E-state index in [4.69, 9.17) is 14.2 Å². The van der Waals surface area contributed by atoms with Gasteiger partial charge in [-0.05, 0) is 30.6 Å². The van der Waals surface area contributed by atoms with Crippen molar-refractivity contribution in [2.75, 3.05) is 21.3 Å². The minimum atomic E-state index is -0.0310. The summed E-state index contributed by atoms with van der Waals surface area (Å²) >= 11 is 0.